The number of aromatic amines is 1. The van der Waals surface area contributed by atoms with Gasteiger partial charge in [-0.05, 0) is 13.0 Å². The summed E-state index contributed by atoms with van der Waals surface area (Å²) in [4.78, 5) is 32.7. The second-order valence-corrected chi connectivity index (χ2v) is 4.53. The molecule has 2 rings (SSSR count). The minimum absolute atomic E-state index is 0.154. The maximum absolute atomic E-state index is 12.4. The van der Waals surface area contributed by atoms with Crippen LogP contribution in [0.25, 0.3) is 0 Å². The van der Waals surface area contributed by atoms with E-state index in [1.54, 1.807) is 24.7 Å². The average Bonchev–Trinajstić information content (AvgIpc) is 2.99. The third-order valence-corrected chi connectivity index (χ3v) is 3.14. The van der Waals surface area contributed by atoms with Gasteiger partial charge in [0.1, 0.15) is 5.82 Å². The number of pyridine rings is 1. The molecular weight excluding hydrogens is 272 g/mol. The van der Waals surface area contributed by atoms with Crippen LogP contribution in [-0.4, -0.2) is 43.6 Å². The number of carbonyl (C=O) groups excluding carboxylic acids is 1. The predicted molar refractivity (Wildman–Crippen MR) is 76.8 cm³/mol. The van der Waals surface area contributed by atoms with Crippen molar-refractivity contribution in [2.24, 2.45) is 0 Å². The van der Waals surface area contributed by atoms with Gasteiger partial charge in [0.15, 0.2) is 0 Å². The van der Waals surface area contributed by atoms with Crippen molar-refractivity contribution in [3.05, 3.63) is 52.5 Å². The summed E-state index contributed by atoms with van der Waals surface area (Å²) in [5.74, 6) is 0.319. The molecule has 7 heteroatoms. The van der Waals surface area contributed by atoms with Crippen LogP contribution in [0.1, 0.15) is 23.1 Å². The first-order valence-electron chi connectivity index (χ1n) is 6.74. The van der Waals surface area contributed by atoms with E-state index < -0.39 is 0 Å². The van der Waals surface area contributed by atoms with E-state index >= 15 is 0 Å². The van der Waals surface area contributed by atoms with Crippen LogP contribution < -0.4 is 5.56 Å². The van der Waals surface area contributed by atoms with E-state index in [4.69, 9.17) is 5.11 Å². The number of nitrogens with one attached hydrogen (secondary N) is 1. The summed E-state index contributed by atoms with van der Waals surface area (Å²) < 4.78 is 1.51. The SMILES string of the molecule is CCn1ccc(C(=O)N(CCO)Cc2ncc[nH]2)cc1=O. The molecule has 112 valence electrons. The summed E-state index contributed by atoms with van der Waals surface area (Å²) in [6, 6.07) is 2.93. The lowest BCUT2D eigenvalue weighted by atomic mass is 10.2. The normalized spacial score (nSPS) is 10.6. The molecule has 0 saturated carbocycles. The highest BCUT2D eigenvalue weighted by Crippen LogP contribution is 2.06. The van der Waals surface area contributed by atoms with Gasteiger partial charge in [0.2, 0.25) is 0 Å². The predicted octanol–water partition coefficient (Wildman–Crippen LogP) is 0.226. The van der Waals surface area contributed by atoms with Crippen molar-refractivity contribution in [3.8, 4) is 0 Å². The Balaban J connectivity index is 2.21. The van der Waals surface area contributed by atoms with Crippen molar-refractivity contribution in [1.29, 1.82) is 0 Å². The highest BCUT2D eigenvalue weighted by molar-refractivity contribution is 5.94. The molecule has 2 heterocycles. The molecule has 0 spiro atoms. The molecule has 2 N–H and O–H groups in total. The molecule has 2 aromatic heterocycles. The van der Waals surface area contributed by atoms with E-state index in [1.807, 2.05) is 6.92 Å². The Morgan fingerprint density at radius 3 is 2.90 bits per heavy atom. The van der Waals surface area contributed by atoms with Crippen molar-refractivity contribution in [1.82, 2.24) is 19.4 Å². The van der Waals surface area contributed by atoms with E-state index in [9.17, 15) is 9.59 Å². The number of aliphatic hydroxyl groups excluding tert-OH is 1. The Hall–Kier alpha value is -2.41. The van der Waals surface area contributed by atoms with Gasteiger partial charge in [-0.3, -0.25) is 9.59 Å². The van der Waals surface area contributed by atoms with Crippen LogP contribution in [0, 0.1) is 0 Å². The van der Waals surface area contributed by atoms with Gasteiger partial charge in [-0.15, -0.1) is 0 Å². The first-order valence-corrected chi connectivity index (χ1v) is 6.74. The van der Waals surface area contributed by atoms with Crippen molar-refractivity contribution in [2.75, 3.05) is 13.2 Å². The highest BCUT2D eigenvalue weighted by Gasteiger charge is 2.17. The van der Waals surface area contributed by atoms with Crippen molar-refractivity contribution >= 4 is 5.91 Å². The van der Waals surface area contributed by atoms with E-state index in [1.165, 1.54) is 15.5 Å². The van der Waals surface area contributed by atoms with Gasteiger partial charge in [0.25, 0.3) is 11.5 Å². The van der Waals surface area contributed by atoms with Gasteiger partial charge in [-0.25, -0.2) is 4.98 Å². The number of hydrogen-bond acceptors (Lipinski definition) is 4. The van der Waals surface area contributed by atoms with Crippen LogP contribution in [0.5, 0.6) is 0 Å². The quantitative estimate of drug-likeness (QED) is 0.796. The van der Waals surface area contributed by atoms with Crippen LogP contribution in [0.4, 0.5) is 0 Å². The fourth-order valence-electron chi connectivity index (χ4n) is 2.02. The van der Waals surface area contributed by atoms with E-state index in [-0.39, 0.29) is 31.2 Å². The Morgan fingerprint density at radius 1 is 1.52 bits per heavy atom. The van der Waals surface area contributed by atoms with E-state index in [0.717, 1.165) is 0 Å². The zero-order valence-corrected chi connectivity index (χ0v) is 11.8. The molecule has 21 heavy (non-hydrogen) atoms. The Labute approximate surface area is 121 Å². The summed E-state index contributed by atoms with van der Waals surface area (Å²) in [7, 11) is 0. The fourth-order valence-corrected chi connectivity index (χ4v) is 2.02. The first-order chi connectivity index (χ1) is 10.2. The number of rotatable bonds is 6. The number of imidazole rings is 1. The highest BCUT2D eigenvalue weighted by atomic mass is 16.3. The molecule has 0 saturated heterocycles. The molecule has 0 unspecified atom stereocenters. The summed E-state index contributed by atoms with van der Waals surface area (Å²) in [6.07, 6.45) is 4.86. The average molecular weight is 290 g/mol. The number of hydrogen-bond donors (Lipinski definition) is 2. The van der Waals surface area contributed by atoms with Gasteiger partial charge < -0.3 is 19.6 Å². The first kappa shape index (κ1) is 15.0. The van der Waals surface area contributed by atoms with Crippen LogP contribution in [0.2, 0.25) is 0 Å². The van der Waals surface area contributed by atoms with Gasteiger partial charge in [-0.1, -0.05) is 0 Å². The zero-order chi connectivity index (χ0) is 15.2. The fraction of sp³-hybridized carbons (Fsp3) is 0.357. The maximum atomic E-state index is 12.4. The number of aromatic nitrogens is 3. The van der Waals surface area contributed by atoms with Gasteiger partial charge >= 0.3 is 0 Å². The molecule has 0 fully saturated rings. The number of aliphatic hydroxyl groups is 1. The van der Waals surface area contributed by atoms with Crippen LogP contribution >= 0.6 is 0 Å². The number of nitrogens with zero attached hydrogens (tertiary/aromatic N) is 3. The molecule has 2 aromatic rings. The van der Waals surface area contributed by atoms with E-state index in [2.05, 4.69) is 9.97 Å². The zero-order valence-electron chi connectivity index (χ0n) is 11.8. The number of H-pyrrole nitrogens is 1. The van der Waals surface area contributed by atoms with Crippen molar-refractivity contribution in [3.63, 3.8) is 0 Å². The Kier molecular flexibility index (Phi) is 4.89. The minimum Gasteiger partial charge on any atom is -0.395 e. The van der Waals surface area contributed by atoms with Crippen LogP contribution in [-0.2, 0) is 13.1 Å². The molecule has 0 aromatic carbocycles. The van der Waals surface area contributed by atoms with Crippen molar-refractivity contribution in [2.45, 2.75) is 20.0 Å². The molecular formula is C14H18N4O3. The molecule has 1 amide bonds. The standard InChI is InChI=1S/C14H18N4O3/c1-2-17-6-3-11(9-13(17)20)14(21)18(7-8-19)10-12-15-4-5-16-12/h3-6,9,19H,2,7-8,10H2,1H3,(H,15,16). The lowest BCUT2D eigenvalue weighted by Crippen LogP contribution is -2.34. The van der Waals surface area contributed by atoms with Crippen molar-refractivity contribution < 1.29 is 9.90 Å². The minimum atomic E-state index is -0.305. The Bertz CT molecular complexity index is 648. The lowest BCUT2D eigenvalue weighted by Gasteiger charge is -2.20. The molecule has 0 radical (unpaired) electrons. The monoisotopic (exact) mass is 290 g/mol. The van der Waals surface area contributed by atoms with Crippen LogP contribution in [0.15, 0.2) is 35.5 Å². The third kappa shape index (κ3) is 3.57. The van der Waals surface area contributed by atoms with Gasteiger partial charge in [0.05, 0.1) is 13.2 Å². The van der Waals surface area contributed by atoms with Gasteiger partial charge in [0, 0.05) is 43.3 Å². The second-order valence-electron chi connectivity index (χ2n) is 4.53. The summed E-state index contributed by atoms with van der Waals surface area (Å²) in [6.45, 7) is 2.69. The Morgan fingerprint density at radius 2 is 2.33 bits per heavy atom. The maximum Gasteiger partial charge on any atom is 0.254 e. The molecule has 0 aliphatic heterocycles. The number of aryl methyl sites for hydroxylation is 1. The molecule has 0 atom stereocenters. The summed E-state index contributed by atoms with van der Waals surface area (Å²) in [5.41, 5.74) is 0.0926. The largest absolute Gasteiger partial charge is 0.395 e. The smallest absolute Gasteiger partial charge is 0.254 e. The second kappa shape index (κ2) is 6.85. The number of carbonyl (C=O) groups is 1. The molecule has 0 aliphatic carbocycles. The summed E-state index contributed by atoms with van der Waals surface area (Å²) in [5, 5.41) is 9.11. The topological polar surface area (TPSA) is 91.2 Å². The van der Waals surface area contributed by atoms with Gasteiger partial charge in [-0.2, -0.15) is 0 Å². The molecule has 0 bridgehead atoms. The number of amides is 1. The van der Waals surface area contributed by atoms with Crippen LogP contribution in [0.3, 0.4) is 0 Å². The lowest BCUT2D eigenvalue weighted by molar-refractivity contribution is 0.0703. The summed E-state index contributed by atoms with van der Waals surface area (Å²) >= 11 is 0. The molecule has 0 aliphatic rings. The molecule has 7 nitrogen and oxygen atoms in total. The third-order valence-electron chi connectivity index (χ3n) is 3.14. The van der Waals surface area contributed by atoms with E-state index in [0.29, 0.717) is 17.9 Å².